The Morgan fingerprint density at radius 3 is 2.65 bits per heavy atom. The van der Waals surface area contributed by atoms with Gasteiger partial charge in [-0.3, -0.25) is 14.8 Å². The van der Waals surface area contributed by atoms with Crippen LogP contribution in [0.3, 0.4) is 0 Å². The number of nitrogens with zero attached hydrogens (tertiary/aromatic N) is 4. The smallest absolute Gasteiger partial charge is 0.272 e. The third-order valence-corrected chi connectivity index (χ3v) is 5.01. The van der Waals surface area contributed by atoms with Crippen LogP contribution in [-0.2, 0) is 0 Å². The summed E-state index contributed by atoms with van der Waals surface area (Å²) in [5, 5.41) is 0.939. The Morgan fingerprint density at radius 2 is 1.88 bits per heavy atom. The van der Waals surface area contributed by atoms with Crippen LogP contribution in [0.2, 0.25) is 0 Å². The molecule has 4 heterocycles. The molecule has 1 aliphatic rings. The number of carbonyl (C=O) groups is 1. The molecule has 4 rings (SSSR count). The molecule has 1 saturated heterocycles. The maximum atomic E-state index is 13.2. The zero-order chi connectivity index (χ0) is 18.1. The average Bonchev–Trinajstić information content (AvgIpc) is 2.66. The van der Waals surface area contributed by atoms with Crippen LogP contribution in [0.15, 0.2) is 49.1 Å². The molecule has 0 bridgehead atoms. The van der Waals surface area contributed by atoms with E-state index in [0.29, 0.717) is 5.69 Å². The maximum Gasteiger partial charge on any atom is 0.272 e. The van der Waals surface area contributed by atoms with Crippen molar-refractivity contribution in [2.75, 3.05) is 13.1 Å². The molecular formula is C21H22N4O. The molecule has 0 aromatic carbocycles. The Labute approximate surface area is 153 Å². The predicted molar refractivity (Wildman–Crippen MR) is 102 cm³/mol. The number of hydrogen-bond donors (Lipinski definition) is 0. The van der Waals surface area contributed by atoms with E-state index in [4.69, 9.17) is 0 Å². The number of pyridine rings is 3. The van der Waals surface area contributed by atoms with Gasteiger partial charge < -0.3 is 4.90 Å². The van der Waals surface area contributed by atoms with Crippen LogP contribution < -0.4 is 0 Å². The summed E-state index contributed by atoms with van der Waals surface area (Å²) in [5.74, 6) is 0.00629. The molecule has 1 fully saturated rings. The first kappa shape index (κ1) is 16.6. The highest BCUT2D eigenvalue weighted by atomic mass is 16.2. The number of amides is 1. The molecular weight excluding hydrogens is 324 g/mol. The van der Waals surface area contributed by atoms with Gasteiger partial charge in [0, 0.05) is 43.3 Å². The fourth-order valence-electron chi connectivity index (χ4n) is 3.71. The van der Waals surface area contributed by atoms with Crippen LogP contribution >= 0.6 is 0 Å². The van der Waals surface area contributed by atoms with Gasteiger partial charge in [0.25, 0.3) is 5.91 Å². The number of aromatic nitrogens is 3. The molecule has 5 nitrogen and oxygen atoms in total. The van der Waals surface area contributed by atoms with Crippen molar-refractivity contribution >= 4 is 16.8 Å². The van der Waals surface area contributed by atoms with E-state index in [9.17, 15) is 4.79 Å². The minimum atomic E-state index is 0.00629. The van der Waals surface area contributed by atoms with E-state index in [0.717, 1.165) is 48.0 Å². The zero-order valence-electron chi connectivity index (χ0n) is 15.1. The van der Waals surface area contributed by atoms with Gasteiger partial charge in [-0.2, -0.15) is 0 Å². The zero-order valence-corrected chi connectivity index (χ0v) is 15.1. The second kappa shape index (κ2) is 6.48. The summed E-state index contributed by atoms with van der Waals surface area (Å²) in [6, 6.07) is 7.64. The summed E-state index contributed by atoms with van der Waals surface area (Å²) < 4.78 is 0. The van der Waals surface area contributed by atoms with E-state index in [2.05, 4.69) is 28.8 Å². The van der Waals surface area contributed by atoms with Crippen molar-refractivity contribution < 1.29 is 4.79 Å². The van der Waals surface area contributed by atoms with Crippen molar-refractivity contribution in [2.24, 2.45) is 5.41 Å². The van der Waals surface area contributed by atoms with E-state index in [1.54, 1.807) is 24.8 Å². The molecule has 132 valence electrons. The lowest BCUT2D eigenvalue weighted by Gasteiger charge is -2.37. The lowest BCUT2D eigenvalue weighted by atomic mass is 9.84. The quantitative estimate of drug-likeness (QED) is 0.705. The second-order valence-electron chi connectivity index (χ2n) is 7.68. The fraction of sp³-hybridized carbons (Fsp3) is 0.333. The van der Waals surface area contributed by atoms with Crippen LogP contribution in [0.5, 0.6) is 0 Å². The molecule has 0 spiro atoms. The number of rotatable bonds is 2. The Morgan fingerprint density at radius 1 is 1.12 bits per heavy atom. The van der Waals surface area contributed by atoms with E-state index < -0.39 is 0 Å². The first-order valence-electron chi connectivity index (χ1n) is 8.98. The standard InChI is InChI=1S/C21H22N4O/c1-21(2)7-3-11-25(14-21)20(26)19-12-16(15-4-8-22-9-5-15)17-13-23-10-6-18(17)24-19/h4-6,8-10,12-13H,3,7,11,14H2,1-2H3. The molecule has 0 radical (unpaired) electrons. The Kier molecular flexibility index (Phi) is 4.15. The van der Waals surface area contributed by atoms with Crippen molar-refractivity contribution in [3.05, 3.63) is 54.7 Å². The van der Waals surface area contributed by atoms with Gasteiger partial charge in [0.15, 0.2) is 0 Å². The van der Waals surface area contributed by atoms with Crippen LogP contribution in [0.1, 0.15) is 37.2 Å². The van der Waals surface area contributed by atoms with Crippen molar-refractivity contribution in [1.82, 2.24) is 19.9 Å². The normalized spacial score (nSPS) is 16.6. The summed E-state index contributed by atoms with van der Waals surface area (Å²) in [6.07, 6.45) is 9.21. The van der Waals surface area contributed by atoms with Gasteiger partial charge in [0.05, 0.1) is 5.52 Å². The molecule has 0 atom stereocenters. The van der Waals surface area contributed by atoms with Crippen LogP contribution in [-0.4, -0.2) is 38.8 Å². The van der Waals surface area contributed by atoms with Gasteiger partial charge >= 0.3 is 0 Å². The molecule has 3 aromatic rings. The van der Waals surface area contributed by atoms with Crippen molar-refractivity contribution in [3.63, 3.8) is 0 Å². The molecule has 1 aliphatic heterocycles. The summed E-state index contributed by atoms with van der Waals surface area (Å²) in [5.41, 5.74) is 3.41. The Balaban J connectivity index is 1.80. The largest absolute Gasteiger partial charge is 0.337 e. The summed E-state index contributed by atoms with van der Waals surface area (Å²) >= 11 is 0. The summed E-state index contributed by atoms with van der Waals surface area (Å²) in [4.78, 5) is 28.1. The number of piperidine rings is 1. The average molecular weight is 346 g/mol. The first-order valence-corrected chi connectivity index (χ1v) is 8.98. The van der Waals surface area contributed by atoms with Gasteiger partial charge in [-0.25, -0.2) is 4.98 Å². The number of carbonyl (C=O) groups excluding carboxylic acids is 1. The van der Waals surface area contributed by atoms with Gasteiger partial charge in [-0.1, -0.05) is 13.8 Å². The molecule has 0 N–H and O–H groups in total. The highest BCUT2D eigenvalue weighted by Gasteiger charge is 2.30. The Hall–Kier alpha value is -2.82. The molecule has 26 heavy (non-hydrogen) atoms. The van der Waals surface area contributed by atoms with Crippen molar-refractivity contribution in [3.8, 4) is 11.1 Å². The van der Waals surface area contributed by atoms with Gasteiger partial charge in [-0.05, 0) is 53.6 Å². The second-order valence-corrected chi connectivity index (χ2v) is 7.68. The molecule has 0 aliphatic carbocycles. The van der Waals surface area contributed by atoms with Crippen LogP contribution in [0.4, 0.5) is 0 Å². The molecule has 0 unspecified atom stereocenters. The fourth-order valence-corrected chi connectivity index (χ4v) is 3.71. The topological polar surface area (TPSA) is 59.0 Å². The van der Waals surface area contributed by atoms with Gasteiger partial charge in [0.1, 0.15) is 5.69 Å². The number of likely N-dealkylation sites (tertiary alicyclic amines) is 1. The third-order valence-electron chi connectivity index (χ3n) is 5.01. The molecule has 1 amide bonds. The summed E-state index contributed by atoms with van der Waals surface area (Å²) in [6.45, 7) is 6.00. The van der Waals surface area contributed by atoms with E-state index in [1.807, 2.05) is 29.2 Å². The van der Waals surface area contributed by atoms with E-state index in [1.165, 1.54) is 0 Å². The van der Waals surface area contributed by atoms with E-state index >= 15 is 0 Å². The highest BCUT2D eigenvalue weighted by Crippen LogP contribution is 2.31. The van der Waals surface area contributed by atoms with Gasteiger partial charge in [-0.15, -0.1) is 0 Å². The Bertz CT molecular complexity index is 953. The first-order chi connectivity index (χ1) is 12.5. The maximum absolute atomic E-state index is 13.2. The third kappa shape index (κ3) is 3.17. The van der Waals surface area contributed by atoms with Crippen molar-refractivity contribution in [1.29, 1.82) is 0 Å². The number of fused-ring (bicyclic) bond motifs is 1. The van der Waals surface area contributed by atoms with Gasteiger partial charge in [0.2, 0.25) is 0 Å². The molecule has 5 heteroatoms. The van der Waals surface area contributed by atoms with Crippen molar-refractivity contribution in [2.45, 2.75) is 26.7 Å². The number of hydrogen-bond acceptors (Lipinski definition) is 4. The monoisotopic (exact) mass is 346 g/mol. The van der Waals surface area contributed by atoms with E-state index in [-0.39, 0.29) is 11.3 Å². The molecule has 0 saturated carbocycles. The predicted octanol–water partition coefficient (Wildman–Crippen LogP) is 3.95. The molecule has 3 aromatic heterocycles. The SMILES string of the molecule is CC1(C)CCCN(C(=O)c2cc(-c3ccncc3)c3cnccc3n2)C1. The lowest BCUT2D eigenvalue weighted by molar-refractivity contribution is 0.0578. The lowest BCUT2D eigenvalue weighted by Crippen LogP contribution is -2.43. The minimum absolute atomic E-state index is 0.00629. The van der Waals surface area contributed by atoms with Crippen LogP contribution in [0, 0.1) is 5.41 Å². The van der Waals surface area contributed by atoms with Crippen LogP contribution in [0.25, 0.3) is 22.0 Å². The minimum Gasteiger partial charge on any atom is -0.337 e. The highest BCUT2D eigenvalue weighted by molar-refractivity contribution is 6.01. The summed E-state index contributed by atoms with van der Waals surface area (Å²) in [7, 11) is 0.